The number of nitrogens with two attached hydrogens (primary N) is 1. The molecule has 35 heavy (non-hydrogen) atoms. The molecule has 0 radical (unpaired) electrons. The Balaban J connectivity index is 2.12. The van der Waals surface area contributed by atoms with Crippen molar-refractivity contribution in [3.8, 4) is 16.9 Å². The average Bonchev–Trinajstić information content (AvgIpc) is 3.29. The van der Waals surface area contributed by atoms with Gasteiger partial charge in [0.25, 0.3) is 0 Å². The molecule has 1 amide bonds. The van der Waals surface area contributed by atoms with Crippen molar-refractivity contribution in [2.45, 2.75) is 11.1 Å². The van der Waals surface area contributed by atoms with E-state index >= 15 is 0 Å². The molecule has 1 aromatic heterocycles. The van der Waals surface area contributed by atoms with Crippen molar-refractivity contribution in [1.29, 1.82) is 0 Å². The quantitative estimate of drug-likeness (QED) is 0.439. The van der Waals surface area contributed by atoms with Gasteiger partial charge in [0.1, 0.15) is 11.4 Å². The van der Waals surface area contributed by atoms with Crippen molar-refractivity contribution in [1.82, 2.24) is 5.32 Å². The number of carbonyl (C=O) groups is 1. The van der Waals surface area contributed by atoms with E-state index in [9.17, 15) is 26.4 Å². The minimum absolute atomic E-state index is 0.0287. The average molecular weight is 524 g/mol. The number of rotatable bonds is 6. The van der Waals surface area contributed by atoms with Crippen LogP contribution in [0.25, 0.3) is 11.1 Å². The van der Waals surface area contributed by atoms with Crippen molar-refractivity contribution < 1.29 is 31.1 Å². The van der Waals surface area contributed by atoms with Crippen LogP contribution in [0.5, 0.6) is 5.75 Å². The molecular weight excluding hydrogens is 503 g/mol. The SMILES string of the molecule is CNC(=O)Oc1ccccc1N=C(C=C(N)C(F)(F)F)c1cc(-c2cccc(S(C)(=O)=O)c2)cs1. The van der Waals surface area contributed by atoms with Gasteiger partial charge in [0.05, 0.1) is 15.5 Å². The lowest BCUT2D eigenvalue weighted by Gasteiger charge is -2.09. The van der Waals surface area contributed by atoms with Gasteiger partial charge in [-0.25, -0.2) is 18.2 Å². The van der Waals surface area contributed by atoms with Gasteiger partial charge in [-0.15, -0.1) is 11.3 Å². The Bertz CT molecular complexity index is 1410. The summed E-state index contributed by atoms with van der Waals surface area (Å²) in [5.41, 5.74) is 5.02. The molecule has 0 saturated heterocycles. The second-order valence-corrected chi connectivity index (χ2v) is 10.1. The van der Waals surface area contributed by atoms with E-state index < -0.39 is 27.8 Å². The summed E-state index contributed by atoms with van der Waals surface area (Å²) in [5, 5.41) is 3.95. The second-order valence-electron chi connectivity index (χ2n) is 7.20. The number of nitrogens with zero attached hydrogens (tertiary/aromatic N) is 1. The summed E-state index contributed by atoms with van der Waals surface area (Å²) in [6, 6.07) is 13.8. The van der Waals surface area contributed by atoms with Gasteiger partial charge in [-0.1, -0.05) is 24.3 Å². The maximum absolute atomic E-state index is 13.2. The first-order valence-electron chi connectivity index (χ1n) is 9.89. The van der Waals surface area contributed by atoms with Crippen molar-refractivity contribution in [2.75, 3.05) is 13.3 Å². The highest BCUT2D eigenvalue weighted by Crippen LogP contribution is 2.32. The van der Waals surface area contributed by atoms with Crippen LogP contribution >= 0.6 is 11.3 Å². The largest absolute Gasteiger partial charge is 0.430 e. The molecule has 0 atom stereocenters. The molecule has 0 saturated carbocycles. The van der Waals surface area contributed by atoms with E-state index in [1.54, 1.807) is 35.7 Å². The Morgan fingerprint density at radius 2 is 1.83 bits per heavy atom. The number of allylic oxidation sites excluding steroid dienone is 2. The molecule has 3 aromatic rings. The molecule has 0 spiro atoms. The zero-order valence-electron chi connectivity index (χ0n) is 18.5. The third-order valence-electron chi connectivity index (χ3n) is 4.58. The molecule has 0 aliphatic carbocycles. The molecule has 0 fully saturated rings. The predicted octanol–water partition coefficient (Wildman–Crippen LogP) is 5.06. The summed E-state index contributed by atoms with van der Waals surface area (Å²) in [5.74, 6) is 0.0287. The Morgan fingerprint density at radius 1 is 1.11 bits per heavy atom. The predicted molar refractivity (Wildman–Crippen MR) is 129 cm³/mol. The smallest absolute Gasteiger partial charge is 0.408 e. The Kier molecular flexibility index (Phi) is 7.66. The first kappa shape index (κ1) is 26.0. The number of thiophene rings is 1. The molecule has 0 aliphatic heterocycles. The number of halogens is 3. The summed E-state index contributed by atoms with van der Waals surface area (Å²) < 4.78 is 68.5. The van der Waals surface area contributed by atoms with Crippen LogP contribution in [0.3, 0.4) is 0 Å². The maximum Gasteiger partial charge on any atom is 0.430 e. The van der Waals surface area contributed by atoms with Crippen LogP contribution in [-0.2, 0) is 9.84 Å². The number of aliphatic imine (C=N–C) groups is 1. The van der Waals surface area contributed by atoms with Crippen LogP contribution in [0.15, 0.2) is 81.6 Å². The normalized spacial score (nSPS) is 12.9. The van der Waals surface area contributed by atoms with Crippen LogP contribution in [0, 0.1) is 0 Å². The molecule has 3 rings (SSSR count). The van der Waals surface area contributed by atoms with E-state index in [4.69, 9.17) is 10.5 Å². The fourth-order valence-corrected chi connectivity index (χ4v) is 4.38. The molecule has 3 N–H and O–H groups in total. The van der Waals surface area contributed by atoms with Gasteiger partial charge in [-0.05, 0) is 52.9 Å². The summed E-state index contributed by atoms with van der Waals surface area (Å²) in [6.07, 6.45) is -3.79. The number of carbonyl (C=O) groups excluding carboxylic acids is 1. The van der Waals surface area contributed by atoms with Crippen LogP contribution in [0.2, 0.25) is 0 Å². The van der Waals surface area contributed by atoms with Gasteiger partial charge >= 0.3 is 12.3 Å². The maximum atomic E-state index is 13.2. The van der Waals surface area contributed by atoms with Crippen molar-refractivity contribution in [3.63, 3.8) is 0 Å². The lowest BCUT2D eigenvalue weighted by molar-refractivity contribution is -0.0925. The highest BCUT2D eigenvalue weighted by molar-refractivity contribution is 7.90. The monoisotopic (exact) mass is 523 g/mol. The van der Waals surface area contributed by atoms with Gasteiger partial charge in [0.15, 0.2) is 15.6 Å². The number of amides is 1. The van der Waals surface area contributed by atoms with Gasteiger partial charge in [0.2, 0.25) is 0 Å². The zero-order chi connectivity index (χ0) is 25.8. The summed E-state index contributed by atoms with van der Waals surface area (Å²) >= 11 is 1.09. The van der Waals surface area contributed by atoms with Gasteiger partial charge in [-0.3, -0.25) is 0 Å². The molecule has 184 valence electrons. The highest BCUT2D eigenvalue weighted by Gasteiger charge is 2.32. The van der Waals surface area contributed by atoms with Crippen LogP contribution in [0.4, 0.5) is 23.7 Å². The fourth-order valence-electron chi connectivity index (χ4n) is 2.83. The van der Waals surface area contributed by atoms with E-state index in [1.165, 1.54) is 31.3 Å². The number of hydrogen-bond donors (Lipinski definition) is 2. The third kappa shape index (κ3) is 6.70. The molecule has 2 aromatic carbocycles. The number of nitrogens with one attached hydrogen (secondary N) is 1. The van der Waals surface area contributed by atoms with Crippen LogP contribution in [0.1, 0.15) is 4.88 Å². The van der Waals surface area contributed by atoms with Gasteiger partial charge in [0, 0.05) is 13.3 Å². The second kappa shape index (κ2) is 10.3. The lowest BCUT2D eigenvalue weighted by Crippen LogP contribution is -2.22. The standard InChI is InChI=1S/C23H20F3N3O4S2/c1-28-22(30)33-19-9-4-3-8-17(19)29-18(12-21(27)23(24,25)26)20-11-15(13-34-20)14-6-5-7-16(10-14)35(2,31)32/h3-13H,27H2,1-2H3,(H,28,30). The molecular formula is C23H20F3N3O4S2. The van der Waals surface area contributed by atoms with Gasteiger partial charge < -0.3 is 15.8 Å². The Morgan fingerprint density at radius 3 is 2.49 bits per heavy atom. The number of ether oxygens (including phenoxy) is 1. The summed E-state index contributed by atoms with van der Waals surface area (Å²) in [6.45, 7) is 0. The molecule has 12 heteroatoms. The Hall–Kier alpha value is -3.64. The topological polar surface area (TPSA) is 111 Å². The first-order valence-corrected chi connectivity index (χ1v) is 12.7. The Labute approximate surface area is 203 Å². The van der Waals surface area contributed by atoms with Crippen LogP contribution < -0.4 is 15.8 Å². The molecule has 7 nitrogen and oxygen atoms in total. The minimum Gasteiger partial charge on any atom is -0.408 e. The van der Waals surface area contributed by atoms with E-state index in [0.717, 1.165) is 17.6 Å². The molecule has 0 aliphatic rings. The molecule has 1 heterocycles. The van der Waals surface area contributed by atoms with E-state index in [-0.39, 0.29) is 22.0 Å². The summed E-state index contributed by atoms with van der Waals surface area (Å²) in [7, 11) is -2.09. The summed E-state index contributed by atoms with van der Waals surface area (Å²) in [4.78, 5) is 16.4. The number of hydrogen-bond acceptors (Lipinski definition) is 7. The zero-order valence-corrected chi connectivity index (χ0v) is 20.1. The van der Waals surface area contributed by atoms with Crippen LogP contribution in [-0.4, -0.2) is 39.7 Å². The number of benzene rings is 2. The van der Waals surface area contributed by atoms with Gasteiger partial charge in [-0.2, -0.15) is 13.2 Å². The minimum atomic E-state index is -4.79. The van der Waals surface area contributed by atoms with E-state index in [0.29, 0.717) is 22.1 Å². The van der Waals surface area contributed by atoms with E-state index in [1.807, 2.05) is 0 Å². The third-order valence-corrected chi connectivity index (χ3v) is 6.64. The fraction of sp³-hybridized carbons (Fsp3) is 0.130. The lowest BCUT2D eigenvalue weighted by atomic mass is 10.1. The van der Waals surface area contributed by atoms with E-state index in [2.05, 4.69) is 10.3 Å². The van der Waals surface area contributed by atoms with Crippen molar-refractivity contribution in [2.24, 2.45) is 10.7 Å². The first-order chi connectivity index (χ1) is 16.4. The molecule has 0 unspecified atom stereocenters. The molecule has 0 bridgehead atoms. The number of alkyl halides is 3. The number of sulfone groups is 1. The van der Waals surface area contributed by atoms with Crippen molar-refractivity contribution >= 4 is 38.7 Å². The highest BCUT2D eigenvalue weighted by atomic mass is 32.2. The number of para-hydroxylation sites is 2. The van der Waals surface area contributed by atoms with Crippen molar-refractivity contribution in [3.05, 3.63) is 76.6 Å².